The van der Waals surface area contributed by atoms with Crippen molar-refractivity contribution in [2.75, 3.05) is 10.2 Å². The molecule has 0 atom stereocenters. The van der Waals surface area contributed by atoms with E-state index in [2.05, 4.69) is 20.5 Å². The number of benzene rings is 2. The highest BCUT2D eigenvalue weighted by molar-refractivity contribution is 5.60. The molecule has 0 fully saturated rings. The standard InChI is InChI=1S/C20H20F3N5/c1-14(2)28(13-15-8-4-3-5-9-15)18-12-24-27-19(26-18)25-17-11-7-6-10-16(17)20(21,22)23/h3-12,14H,13H2,1-2H3,(H,25,26,27). The first-order valence-corrected chi connectivity index (χ1v) is 8.78. The predicted octanol–water partition coefficient (Wildman–Crippen LogP) is 5.05. The molecule has 0 bridgehead atoms. The molecular weight excluding hydrogens is 367 g/mol. The van der Waals surface area contributed by atoms with Gasteiger partial charge in [0.1, 0.15) is 0 Å². The van der Waals surface area contributed by atoms with Gasteiger partial charge in [-0.15, -0.1) is 5.10 Å². The highest BCUT2D eigenvalue weighted by Gasteiger charge is 2.33. The maximum Gasteiger partial charge on any atom is 0.418 e. The van der Waals surface area contributed by atoms with Gasteiger partial charge in [0.05, 0.1) is 17.4 Å². The highest BCUT2D eigenvalue weighted by atomic mass is 19.4. The average molecular weight is 387 g/mol. The van der Waals surface area contributed by atoms with Crippen molar-refractivity contribution < 1.29 is 13.2 Å². The second-order valence-electron chi connectivity index (χ2n) is 6.51. The summed E-state index contributed by atoms with van der Waals surface area (Å²) in [6.07, 6.45) is -2.98. The SMILES string of the molecule is CC(C)N(Cc1ccccc1)c1cnnc(Nc2ccccc2C(F)(F)F)n1. The number of alkyl halides is 3. The summed E-state index contributed by atoms with van der Waals surface area (Å²) in [5, 5.41) is 10.4. The van der Waals surface area contributed by atoms with Crippen LogP contribution in [0.3, 0.4) is 0 Å². The summed E-state index contributed by atoms with van der Waals surface area (Å²) < 4.78 is 39.6. The van der Waals surface area contributed by atoms with Crippen molar-refractivity contribution in [1.29, 1.82) is 0 Å². The van der Waals surface area contributed by atoms with Gasteiger partial charge in [-0.05, 0) is 31.5 Å². The maximum absolute atomic E-state index is 13.2. The van der Waals surface area contributed by atoms with Crippen LogP contribution >= 0.6 is 0 Å². The van der Waals surface area contributed by atoms with Crippen LogP contribution in [-0.2, 0) is 12.7 Å². The minimum absolute atomic E-state index is 0.00733. The van der Waals surface area contributed by atoms with Crippen LogP contribution in [0.5, 0.6) is 0 Å². The minimum Gasteiger partial charge on any atom is -0.348 e. The van der Waals surface area contributed by atoms with Crippen molar-refractivity contribution >= 4 is 17.5 Å². The quantitative estimate of drug-likeness (QED) is 0.642. The van der Waals surface area contributed by atoms with Crippen molar-refractivity contribution in [2.45, 2.75) is 32.6 Å². The summed E-state index contributed by atoms with van der Waals surface area (Å²) in [6, 6.07) is 15.2. The predicted molar refractivity (Wildman–Crippen MR) is 102 cm³/mol. The van der Waals surface area contributed by atoms with E-state index in [9.17, 15) is 13.2 Å². The monoisotopic (exact) mass is 387 g/mol. The first-order chi connectivity index (χ1) is 13.3. The second kappa shape index (κ2) is 8.24. The summed E-state index contributed by atoms with van der Waals surface area (Å²) in [6.45, 7) is 4.62. The Hall–Kier alpha value is -3.16. The van der Waals surface area contributed by atoms with Gasteiger partial charge in [0.2, 0.25) is 5.95 Å². The van der Waals surface area contributed by atoms with Crippen LogP contribution < -0.4 is 10.2 Å². The molecule has 2 aromatic carbocycles. The summed E-state index contributed by atoms with van der Waals surface area (Å²) in [4.78, 5) is 6.39. The number of nitrogens with one attached hydrogen (secondary N) is 1. The highest BCUT2D eigenvalue weighted by Crippen LogP contribution is 2.35. The molecular formula is C20H20F3N5. The Labute approximate surface area is 161 Å². The number of para-hydroxylation sites is 1. The van der Waals surface area contributed by atoms with Crippen LogP contribution in [0.1, 0.15) is 25.0 Å². The third-order valence-corrected chi connectivity index (χ3v) is 4.14. The number of nitrogens with zero attached hydrogens (tertiary/aromatic N) is 4. The summed E-state index contributed by atoms with van der Waals surface area (Å²) in [5.74, 6) is 0.536. The van der Waals surface area contributed by atoms with E-state index in [1.807, 2.05) is 49.1 Å². The Morgan fingerprint density at radius 2 is 1.68 bits per heavy atom. The van der Waals surface area contributed by atoms with E-state index in [0.717, 1.165) is 11.6 Å². The Morgan fingerprint density at radius 3 is 2.36 bits per heavy atom. The van der Waals surface area contributed by atoms with Crippen molar-refractivity contribution in [3.05, 3.63) is 71.9 Å². The first kappa shape index (κ1) is 19.6. The molecule has 0 aliphatic carbocycles. The van der Waals surface area contributed by atoms with Gasteiger partial charge in [0, 0.05) is 12.6 Å². The molecule has 1 aromatic heterocycles. The van der Waals surface area contributed by atoms with Gasteiger partial charge in [-0.1, -0.05) is 42.5 Å². The zero-order valence-corrected chi connectivity index (χ0v) is 15.5. The Kier molecular flexibility index (Phi) is 5.77. The molecule has 0 aliphatic rings. The van der Waals surface area contributed by atoms with Gasteiger partial charge in [0.15, 0.2) is 5.82 Å². The molecule has 0 unspecified atom stereocenters. The van der Waals surface area contributed by atoms with Gasteiger partial charge in [-0.25, -0.2) is 0 Å². The third-order valence-electron chi connectivity index (χ3n) is 4.14. The number of rotatable bonds is 6. The summed E-state index contributed by atoms with van der Waals surface area (Å²) in [5.41, 5.74) is 0.189. The molecule has 1 heterocycles. The molecule has 0 saturated carbocycles. The Morgan fingerprint density at radius 1 is 1.00 bits per heavy atom. The van der Waals surface area contributed by atoms with Crippen LogP contribution in [-0.4, -0.2) is 21.2 Å². The van der Waals surface area contributed by atoms with Gasteiger partial charge >= 0.3 is 6.18 Å². The lowest BCUT2D eigenvalue weighted by Gasteiger charge is -2.27. The second-order valence-corrected chi connectivity index (χ2v) is 6.51. The van der Waals surface area contributed by atoms with E-state index in [4.69, 9.17) is 0 Å². The largest absolute Gasteiger partial charge is 0.418 e. The molecule has 0 radical (unpaired) electrons. The lowest BCUT2D eigenvalue weighted by atomic mass is 10.1. The van der Waals surface area contributed by atoms with Gasteiger partial charge in [0.25, 0.3) is 0 Å². The van der Waals surface area contributed by atoms with Crippen LogP contribution in [0.2, 0.25) is 0 Å². The van der Waals surface area contributed by atoms with Crippen molar-refractivity contribution in [2.24, 2.45) is 0 Å². The molecule has 8 heteroatoms. The van der Waals surface area contributed by atoms with Gasteiger partial charge in [-0.3, -0.25) is 0 Å². The molecule has 3 aromatic rings. The molecule has 0 amide bonds. The molecule has 0 spiro atoms. The zero-order chi connectivity index (χ0) is 20.1. The van der Waals surface area contributed by atoms with Crippen LogP contribution in [0, 0.1) is 0 Å². The topological polar surface area (TPSA) is 53.9 Å². The third kappa shape index (κ3) is 4.76. The smallest absolute Gasteiger partial charge is 0.348 e. The molecule has 3 rings (SSSR count). The molecule has 0 aliphatic heterocycles. The lowest BCUT2D eigenvalue weighted by molar-refractivity contribution is -0.136. The van der Waals surface area contributed by atoms with E-state index >= 15 is 0 Å². The van der Waals surface area contributed by atoms with E-state index in [1.54, 1.807) is 0 Å². The molecule has 1 N–H and O–H groups in total. The fourth-order valence-corrected chi connectivity index (χ4v) is 2.75. The fourth-order valence-electron chi connectivity index (χ4n) is 2.75. The van der Waals surface area contributed by atoms with Crippen LogP contribution in [0.15, 0.2) is 60.8 Å². The zero-order valence-electron chi connectivity index (χ0n) is 15.5. The van der Waals surface area contributed by atoms with Crippen LogP contribution in [0.4, 0.5) is 30.6 Å². The summed E-state index contributed by atoms with van der Waals surface area (Å²) in [7, 11) is 0. The molecule has 5 nitrogen and oxygen atoms in total. The molecule has 146 valence electrons. The fraction of sp³-hybridized carbons (Fsp3) is 0.250. The van der Waals surface area contributed by atoms with Crippen molar-refractivity contribution in [1.82, 2.24) is 15.2 Å². The van der Waals surface area contributed by atoms with E-state index < -0.39 is 11.7 Å². The summed E-state index contributed by atoms with van der Waals surface area (Å²) >= 11 is 0. The number of anilines is 3. The average Bonchev–Trinajstić information content (AvgIpc) is 2.66. The number of hydrogen-bond acceptors (Lipinski definition) is 5. The lowest BCUT2D eigenvalue weighted by Crippen LogP contribution is -2.31. The van der Waals surface area contributed by atoms with Crippen LogP contribution in [0.25, 0.3) is 0 Å². The number of aromatic nitrogens is 3. The van der Waals surface area contributed by atoms with Crippen molar-refractivity contribution in [3.63, 3.8) is 0 Å². The van der Waals surface area contributed by atoms with E-state index in [1.165, 1.54) is 24.4 Å². The Balaban J connectivity index is 1.87. The first-order valence-electron chi connectivity index (χ1n) is 8.78. The van der Waals surface area contributed by atoms with Gasteiger partial charge in [-0.2, -0.15) is 23.3 Å². The molecule has 28 heavy (non-hydrogen) atoms. The van der Waals surface area contributed by atoms with Gasteiger partial charge < -0.3 is 10.2 Å². The molecule has 0 saturated heterocycles. The van der Waals surface area contributed by atoms with E-state index in [-0.39, 0.29) is 17.7 Å². The minimum atomic E-state index is -4.48. The number of hydrogen-bond donors (Lipinski definition) is 1. The normalized spacial score (nSPS) is 11.5. The van der Waals surface area contributed by atoms with Crippen molar-refractivity contribution in [3.8, 4) is 0 Å². The Bertz CT molecular complexity index is 913. The number of halogens is 3. The van der Waals surface area contributed by atoms with E-state index in [0.29, 0.717) is 12.4 Å². The maximum atomic E-state index is 13.2.